The predicted molar refractivity (Wildman–Crippen MR) is 206 cm³/mol. The molecule has 0 saturated carbocycles. The van der Waals surface area contributed by atoms with Crippen molar-refractivity contribution in [1.29, 1.82) is 0 Å². The van der Waals surface area contributed by atoms with Crippen LogP contribution in [0.15, 0.2) is 194 Å². The number of hydrogen-bond acceptors (Lipinski definition) is 0. The molecule has 0 aliphatic rings. The summed E-state index contributed by atoms with van der Waals surface area (Å²) in [5.74, 6) is 0. The predicted octanol–water partition coefficient (Wildman–Crippen LogP) is 13.5. The molecule has 0 N–H and O–H groups in total. The minimum absolute atomic E-state index is 1.21. The van der Waals surface area contributed by atoms with Crippen molar-refractivity contribution in [3.8, 4) is 55.6 Å². The van der Waals surface area contributed by atoms with Gasteiger partial charge in [0.25, 0.3) is 0 Å². The summed E-state index contributed by atoms with van der Waals surface area (Å²) in [6.45, 7) is 0. The number of hydrogen-bond donors (Lipinski definition) is 0. The molecule has 0 unspecified atom stereocenters. The first-order chi connectivity index (χ1) is 23.8. The molecular weight excluding hydrogens is 577 g/mol. The fourth-order valence-corrected chi connectivity index (χ4v) is 7.40. The summed E-state index contributed by atoms with van der Waals surface area (Å²) < 4.78 is 0. The van der Waals surface area contributed by atoms with E-state index in [2.05, 4.69) is 194 Å². The SMILES string of the molecule is c1ccc(-c2cc(-c3ccccc3)cc(-c3c4ccccc4c(-c4ccccc4-c4ccccc4)c4cc5ccccc5cc34)c2)cc1. The molecule has 0 heteroatoms. The first-order valence-corrected chi connectivity index (χ1v) is 16.6. The van der Waals surface area contributed by atoms with Crippen molar-refractivity contribution in [2.24, 2.45) is 0 Å². The van der Waals surface area contributed by atoms with Crippen LogP contribution in [0.25, 0.3) is 88.0 Å². The van der Waals surface area contributed by atoms with Crippen LogP contribution in [-0.4, -0.2) is 0 Å². The molecule has 0 radical (unpaired) electrons. The highest BCUT2D eigenvalue weighted by atomic mass is 14.2. The van der Waals surface area contributed by atoms with Gasteiger partial charge in [-0.15, -0.1) is 0 Å². The number of benzene rings is 9. The summed E-state index contributed by atoms with van der Waals surface area (Å²) in [6, 6.07) is 70.8. The Morgan fingerprint density at radius 3 is 1.17 bits per heavy atom. The van der Waals surface area contributed by atoms with Crippen LogP contribution in [0.4, 0.5) is 0 Å². The van der Waals surface area contributed by atoms with Crippen LogP contribution in [-0.2, 0) is 0 Å². The second kappa shape index (κ2) is 11.8. The zero-order valence-corrected chi connectivity index (χ0v) is 26.5. The van der Waals surface area contributed by atoms with Crippen LogP contribution < -0.4 is 0 Å². The fourth-order valence-electron chi connectivity index (χ4n) is 7.40. The molecule has 0 saturated heterocycles. The Labute approximate surface area is 281 Å². The monoisotopic (exact) mass is 608 g/mol. The van der Waals surface area contributed by atoms with Gasteiger partial charge >= 0.3 is 0 Å². The summed E-state index contributed by atoms with van der Waals surface area (Å²) in [4.78, 5) is 0. The van der Waals surface area contributed by atoms with Crippen molar-refractivity contribution in [3.05, 3.63) is 194 Å². The third-order valence-electron chi connectivity index (χ3n) is 9.61. The Balaban J connectivity index is 1.43. The van der Waals surface area contributed by atoms with Gasteiger partial charge in [0, 0.05) is 0 Å². The molecule has 0 aliphatic carbocycles. The Hall–Kier alpha value is -6.24. The molecular formula is C48H32. The molecule has 0 nitrogen and oxygen atoms in total. The van der Waals surface area contributed by atoms with Gasteiger partial charge in [0.15, 0.2) is 0 Å². The van der Waals surface area contributed by atoms with Gasteiger partial charge in [-0.1, -0.05) is 164 Å². The molecule has 0 aromatic heterocycles. The molecule has 0 spiro atoms. The van der Waals surface area contributed by atoms with E-state index in [1.54, 1.807) is 0 Å². The minimum atomic E-state index is 1.21. The van der Waals surface area contributed by atoms with Gasteiger partial charge in [-0.3, -0.25) is 0 Å². The second-order valence-electron chi connectivity index (χ2n) is 12.5. The maximum absolute atomic E-state index is 2.42. The quantitative estimate of drug-likeness (QED) is 0.171. The van der Waals surface area contributed by atoms with E-state index in [0.717, 1.165) is 0 Å². The second-order valence-corrected chi connectivity index (χ2v) is 12.5. The van der Waals surface area contributed by atoms with Crippen molar-refractivity contribution in [3.63, 3.8) is 0 Å². The molecule has 0 heterocycles. The highest BCUT2D eigenvalue weighted by Crippen LogP contribution is 2.48. The van der Waals surface area contributed by atoms with Crippen LogP contribution in [0.1, 0.15) is 0 Å². The fraction of sp³-hybridized carbons (Fsp3) is 0. The zero-order valence-electron chi connectivity index (χ0n) is 26.5. The Morgan fingerprint density at radius 2 is 0.604 bits per heavy atom. The first kappa shape index (κ1) is 28.0. The summed E-state index contributed by atoms with van der Waals surface area (Å²) in [5, 5.41) is 7.51. The Bertz CT molecular complexity index is 2520. The highest BCUT2D eigenvalue weighted by molar-refractivity contribution is 6.24. The van der Waals surface area contributed by atoms with Crippen molar-refractivity contribution in [1.82, 2.24) is 0 Å². The molecule has 0 aliphatic heterocycles. The van der Waals surface area contributed by atoms with E-state index in [4.69, 9.17) is 0 Å². The molecule has 224 valence electrons. The maximum atomic E-state index is 2.42. The van der Waals surface area contributed by atoms with Gasteiger partial charge in [-0.2, -0.15) is 0 Å². The Kier molecular flexibility index (Phi) is 6.91. The largest absolute Gasteiger partial charge is 0.0622 e. The topological polar surface area (TPSA) is 0 Å². The third kappa shape index (κ3) is 4.87. The zero-order chi connectivity index (χ0) is 31.9. The Morgan fingerprint density at radius 1 is 0.208 bits per heavy atom. The third-order valence-corrected chi connectivity index (χ3v) is 9.61. The normalized spacial score (nSPS) is 11.3. The lowest BCUT2D eigenvalue weighted by Crippen LogP contribution is -1.94. The van der Waals surface area contributed by atoms with Crippen LogP contribution in [0, 0.1) is 0 Å². The highest BCUT2D eigenvalue weighted by Gasteiger charge is 2.20. The van der Waals surface area contributed by atoms with E-state index in [1.807, 2.05) is 0 Å². The maximum Gasteiger partial charge on any atom is -0.00199 e. The number of fused-ring (bicyclic) bond motifs is 3. The molecule has 9 aromatic carbocycles. The summed E-state index contributed by atoms with van der Waals surface area (Å²) in [5.41, 5.74) is 12.3. The lowest BCUT2D eigenvalue weighted by molar-refractivity contribution is 1.58. The minimum Gasteiger partial charge on any atom is -0.0622 e. The summed E-state index contributed by atoms with van der Waals surface area (Å²) in [6.07, 6.45) is 0. The van der Waals surface area contributed by atoms with Gasteiger partial charge in [0.1, 0.15) is 0 Å². The standard InChI is InChI=1S/C48H32/c1-4-16-33(17-5-1)38-28-39(34-18-6-2-7-19-34)30-40(29-38)47-43-26-14-15-27-44(43)48(46-32-37-23-11-10-22-36(37)31-45(46)47)42-25-13-12-24-41(42)35-20-8-3-9-21-35/h1-32H. The van der Waals surface area contributed by atoms with E-state index >= 15 is 0 Å². The van der Waals surface area contributed by atoms with Crippen molar-refractivity contribution in [2.75, 3.05) is 0 Å². The lowest BCUT2D eigenvalue weighted by atomic mass is 9.82. The average Bonchev–Trinajstić information content (AvgIpc) is 3.17. The summed E-state index contributed by atoms with van der Waals surface area (Å²) in [7, 11) is 0. The van der Waals surface area contributed by atoms with E-state index < -0.39 is 0 Å². The van der Waals surface area contributed by atoms with Crippen molar-refractivity contribution >= 4 is 32.3 Å². The molecule has 48 heavy (non-hydrogen) atoms. The lowest BCUT2D eigenvalue weighted by Gasteiger charge is -2.21. The van der Waals surface area contributed by atoms with Crippen LogP contribution in [0.5, 0.6) is 0 Å². The van der Waals surface area contributed by atoms with E-state index in [9.17, 15) is 0 Å². The molecule has 0 bridgehead atoms. The first-order valence-electron chi connectivity index (χ1n) is 16.6. The molecule has 9 rings (SSSR count). The molecule has 0 amide bonds. The van der Waals surface area contributed by atoms with Gasteiger partial charge in [-0.25, -0.2) is 0 Å². The van der Waals surface area contributed by atoms with Gasteiger partial charge in [-0.05, 0) is 118 Å². The van der Waals surface area contributed by atoms with E-state index in [0.29, 0.717) is 0 Å². The van der Waals surface area contributed by atoms with Crippen LogP contribution >= 0.6 is 0 Å². The van der Waals surface area contributed by atoms with E-state index in [-0.39, 0.29) is 0 Å². The molecule has 0 fully saturated rings. The van der Waals surface area contributed by atoms with Crippen LogP contribution in [0.3, 0.4) is 0 Å². The van der Waals surface area contributed by atoms with Gasteiger partial charge in [0.2, 0.25) is 0 Å². The summed E-state index contributed by atoms with van der Waals surface area (Å²) >= 11 is 0. The van der Waals surface area contributed by atoms with Gasteiger partial charge in [0.05, 0.1) is 0 Å². The molecule has 0 atom stereocenters. The van der Waals surface area contributed by atoms with Gasteiger partial charge < -0.3 is 0 Å². The van der Waals surface area contributed by atoms with Crippen molar-refractivity contribution < 1.29 is 0 Å². The van der Waals surface area contributed by atoms with Crippen molar-refractivity contribution in [2.45, 2.75) is 0 Å². The molecule has 9 aromatic rings. The van der Waals surface area contributed by atoms with E-state index in [1.165, 1.54) is 88.0 Å². The van der Waals surface area contributed by atoms with Crippen LogP contribution in [0.2, 0.25) is 0 Å². The average molecular weight is 609 g/mol. The smallest absolute Gasteiger partial charge is 0.00199 e. The number of rotatable bonds is 5.